The van der Waals surface area contributed by atoms with Gasteiger partial charge in [0.2, 0.25) is 0 Å². The zero-order valence-corrected chi connectivity index (χ0v) is 23.7. The first-order chi connectivity index (χ1) is 20.8. The summed E-state index contributed by atoms with van der Waals surface area (Å²) < 4.78 is 23.4. The summed E-state index contributed by atoms with van der Waals surface area (Å²) in [6, 6.07) is 15.7. The average molecular weight is 597 g/mol. The lowest BCUT2D eigenvalue weighted by Crippen LogP contribution is -2.47. The molecular formula is C32H24N2O10. The van der Waals surface area contributed by atoms with E-state index in [2.05, 4.69) is 0 Å². The van der Waals surface area contributed by atoms with E-state index in [0.29, 0.717) is 49.7 Å². The van der Waals surface area contributed by atoms with Gasteiger partial charge in [-0.1, -0.05) is 12.1 Å². The highest BCUT2D eigenvalue weighted by atomic mass is 16.7. The van der Waals surface area contributed by atoms with E-state index in [0.717, 1.165) is 0 Å². The molecule has 2 aliphatic rings. The molecule has 0 amide bonds. The molecule has 0 saturated heterocycles. The van der Waals surface area contributed by atoms with Crippen LogP contribution in [0.3, 0.4) is 0 Å². The molecule has 4 aromatic carbocycles. The smallest absolute Gasteiger partial charge is 0.418 e. The largest absolute Gasteiger partial charge is 0.452 e. The Hall–Kier alpha value is -5.78. The first-order valence-electron chi connectivity index (χ1n) is 13.4. The molecule has 0 aliphatic carbocycles. The lowest BCUT2D eigenvalue weighted by Gasteiger charge is -2.39. The number of non-ortho nitro benzene ring substituents is 2. The first-order valence-corrected chi connectivity index (χ1v) is 13.4. The molecule has 1 spiro atoms. The molecule has 1 atom stereocenters. The van der Waals surface area contributed by atoms with Crippen LogP contribution in [0.1, 0.15) is 31.9 Å². The Morgan fingerprint density at radius 2 is 1.34 bits per heavy atom. The molecular weight excluding hydrogens is 572 g/mol. The summed E-state index contributed by atoms with van der Waals surface area (Å²) in [6.07, 6.45) is 5.09. The van der Waals surface area contributed by atoms with E-state index in [-0.39, 0.29) is 11.4 Å². The summed E-state index contributed by atoms with van der Waals surface area (Å²) in [7, 11) is 0. The van der Waals surface area contributed by atoms with E-state index in [4.69, 9.17) is 18.9 Å². The topological polar surface area (TPSA) is 157 Å². The van der Waals surface area contributed by atoms with Gasteiger partial charge in [-0.2, -0.15) is 0 Å². The third kappa shape index (κ3) is 5.06. The number of hydrogen-bond donors (Lipinski definition) is 0. The zero-order valence-electron chi connectivity index (χ0n) is 23.7. The molecule has 4 aromatic rings. The number of esters is 2. The maximum absolute atomic E-state index is 12.6. The lowest BCUT2D eigenvalue weighted by atomic mass is 9.92. The molecule has 12 nitrogen and oxygen atoms in total. The molecule has 6 rings (SSSR count). The highest BCUT2D eigenvalue weighted by molar-refractivity contribution is 6.29. The van der Waals surface area contributed by atoms with Crippen molar-refractivity contribution in [1.82, 2.24) is 0 Å². The number of nitro groups is 2. The van der Waals surface area contributed by atoms with Gasteiger partial charge in [0, 0.05) is 41.5 Å². The Morgan fingerprint density at radius 3 is 1.89 bits per heavy atom. The summed E-state index contributed by atoms with van der Waals surface area (Å²) >= 11 is 0. The van der Waals surface area contributed by atoms with Gasteiger partial charge in [-0.15, -0.1) is 0 Å². The predicted octanol–water partition coefficient (Wildman–Crippen LogP) is 6.27. The second-order valence-electron chi connectivity index (χ2n) is 11.2. The standard InChI is InChI=1S/C32H24N2O10/c1-31(2,3)44-30(36)29(35)41-17-20-16-26-24-9-7-22(34(39)40)15-19(24)5-11-28(26)43-32(20)13-12-25-23-8-6-21(33(37)38)14-18(23)4-10-27(25)42-32/h4-16H,17H2,1-3H3. The van der Waals surface area contributed by atoms with Crippen LogP contribution in [-0.4, -0.2) is 39.8 Å². The van der Waals surface area contributed by atoms with E-state index in [1.54, 1.807) is 75.4 Å². The van der Waals surface area contributed by atoms with Gasteiger partial charge in [-0.25, -0.2) is 9.59 Å². The fourth-order valence-electron chi connectivity index (χ4n) is 5.15. The van der Waals surface area contributed by atoms with Gasteiger partial charge in [0.1, 0.15) is 23.7 Å². The van der Waals surface area contributed by atoms with Crippen LogP contribution in [0.15, 0.2) is 72.3 Å². The summed E-state index contributed by atoms with van der Waals surface area (Å²) in [4.78, 5) is 46.6. The quantitative estimate of drug-likeness (QED) is 0.114. The minimum atomic E-state index is -1.60. The number of nitrogens with zero attached hydrogens (tertiary/aromatic N) is 2. The predicted molar refractivity (Wildman–Crippen MR) is 159 cm³/mol. The number of hydrogen-bond acceptors (Lipinski definition) is 10. The van der Waals surface area contributed by atoms with Crippen molar-refractivity contribution in [3.05, 3.63) is 104 Å². The fraction of sp³-hybridized carbons (Fsp3) is 0.188. The van der Waals surface area contributed by atoms with Gasteiger partial charge in [0.25, 0.3) is 17.2 Å². The molecule has 0 fully saturated rings. The van der Waals surface area contributed by atoms with E-state index < -0.39 is 39.8 Å². The van der Waals surface area contributed by atoms with Gasteiger partial charge in [-0.3, -0.25) is 20.2 Å². The highest BCUT2D eigenvalue weighted by Crippen LogP contribution is 2.46. The maximum Gasteiger partial charge on any atom is 0.418 e. The monoisotopic (exact) mass is 596 g/mol. The van der Waals surface area contributed by atoms with Crippen LogP contribution in [0.5, 0.6) is 11.5 Å². The molecule has 1 unspecified atom stereocenters. The van der Waals surface area contributed by atoms with Crippen LogP contribution in [0.25, 0.3) is 33.7 Å². The van der Waals surface area contributed by atoms with Crippen molar-refractivity contribution in [2.75, 3.05) is 6.61 Å². The minimum Gasteiger partial charge on any atom is -0.452 e. The summed E-state index contributed by atoms with van der Waals surface area (Å²) in [5, 5.41) is 25.2. The van der Waals surface area contributed by atoms with Crippen LogP contribution in [-0.2, 0) is 19.1 Å². The SMILES string of the molecule is CC(C)(C)OC(=O)C(=O)OCC1=Cc2c(ccc3cc([N+](=O)[O-])ccc23)OC12C=Cc1c(ccc3cc([N+](=O)[O-])ccc13)O2. The number of ether oxygens (including phenoxy) is 4. The second-order valence-corrected chi connectivity index (χ2v) is 11.2. The molecule has 2 aliphatic heterocycles. The molecule has 0 radical (unpaired) electrons. The minimum absolute atomic E-state index is 0.0450. The Kier molecular flexibility index (Phi) is 6.56. The Bertz CT molecular complexity index is 1980. The second kappa shape index (κ2) is 10.2. The van der Waals surface area contributed by atoms with Crippen molar-refractivity contribution in [3.63, 3.8) is 0 Å². The van der Waals surface area contributed by atoms with Crippen molar-refractivity contribution in [2.45, 2.75) is 32.2 Å². The summed E-state index contributed by atoms with van der Waals surface area (Å²) in [6.45, 7) is 4.45. The van der Waals surface area contributed by atoms with Crippen LogP contribution >= 0.6 is 0 Å². The molecule has 44 heavy (non-hydrogen) atoms. The van der Waals surface area contributed by atoms with Crippen molar-refractivity contribution < 1.29 is 38.4 Å². The lowest BCUT2D eigenvalue weighted by molar-refractivity contribution is -0.384. The van der Waals surface area contributed by atoms with Crippen LogP contribution < -0.4 is 9.47 Å². The van der Waals surface area contributed by atoms with Crippen molar-refractivity contribution >= 4 is 57.0 Å². The molecule has 2 heterocycles. The number of rotatable bonds is 4. The highest BCUT2D eigenvalue weighted by Gasteiger charge is 2.44. The number of benzene rings is 4. The van der Waals surface area contributed by atoms with Crippen LogP contribution in [0.2, 0.25) is 0 Å². The maximum atomic E-state index is 12.6. The third-order valence-electron chi connectivity index (χ3n) is 7.11. The molecule has 222 valence electrons. The first kappa shape index (κ1) is 28.3. The summed E-state index contributed by atoms with van der Waals surface area (Å²) in [5.41, 5.74) is 0.518. The molecule has 0 aromatic heterocycles. The van der Waals surface area contributed by atoms with Crippen molar-refractivity contribution in [2.24, 2.45) is 0 Å². The summed E-state index contributed by atoms with van der Waals surface area (Å²) in [5.74, 6) is -3.16. The third-order valence-corrected chi connectivity index (χ3v) is 7.11. The van der Waals surface area contributed by atoms with Crippen molar-refractivity contribution in [1.29, 1.82) is 0 Å². The molecule has 12 heteroatoms. The fourth-order valence-corrected chi connectivity index (χ4v) is 5.15. The van der Waals surface area contributed by atoms with Gasteiger partial charge in [0.15, 0.2) is 0 Å². The van der Waals surface area contributed by atoms with Gasteiger partial charge in [0.05, 0.1) is 15.4 Å². The molecule has 0 bridgehead atoms. The van der Waals surface area contributed by atoms with Gasteiger partial charge >= 0.3 is 11.9 Å². The average Bonchev–Trinajstić information content (AvgIpc) is 2.98. The number of carbonyl (C=O) groups is 2. The Labute approximate surface area is 249 Å². The van der Waals surface area contributed by atoms with E-state index in [9.17, 15) is 29.8 Å². The Morgan fingerprint density at radius 1 is 0.795 bits per heavy atom. The normalized spacial score (nSPS) is 16.8. The van der Waals surface area contributed by atoms with E-state index >= 15 is 0 Å². The molecule has 0 N–H and O–H groups in total. The van der Waals surface area contributed by atoms with Crippen LogP contribution in [0.4, 0.5) is 11.4 Å². The molecule has 0 saturated carbocycles. The van der Waals surface area contributed by atoms with E-state index in [1.807, 2.05) is 0 Å². The Balaban J connectivity index is 1.42. The number of fused-ring (bicyclic) bond motifs is 6. The number of carbonyl (C=O) groups excluding carboxylic acids is 2. The zero-order chi connectivity index (χ0) is 31.4. The van der Waals surface area contributed by atoms with Crippen LogP contribution in [0, 0.1) is 20.2 Å². The van der Waals surface area contributed by atoms with E-state index in [1.165, 1.54) is 24.3 Å². The number of nitro benzene ring substituents is 2. The van der Waals surface area contributed by atoms with Gasteiger partial charge < -0.3 is 18.9 Å². The van der Waals surface area contributed by atoms with Gasteiger partial charge in [-0.05, 0) is 78.7 Å². The van der Waals surface area contributed by atoms with Crippen molar-refractivity contribution in [3.8, 4) is 11.5 Å².